The van der Waals surface area contributed by atoms with Crippen molar-refractivity contribution in [2.75, 3.05) is 6.54 Å². The minimum atomic E-state index is -0.500. The number of hydrogen-bond donors (Lipinski definition) is 1. The zero-order valence-corrected chi connectivity index (χ0v) is 14.3. The first-order valence-electron chi connectivity index (χ1n) is 7.75. The highest BCUT2D eigenvalue weighted by molar-refractivity contribution is 5.67. The zero-order chi connectivity index (χ0) is 17.0. The highest BCUT2D eigenvalue weighted by Gasteiger charge is 2.18. The van der Waals surface area contributed by atoms with Gasteiger partial charge in [-0.3, -0.25) is 0 Å². The largest absolute Gasteiger partial charge is 0.444 e. The molecule has 0 aliphatic heterocycles. The number of benzene rings is 1. The van der Waals surface area contributed by atoms with Crippen LogP contribution in [0.25, 0.3) is 11.3 Å². The van der Waals surface area contributed by atoms with E-state index in [2.05, 4.69) is 10.5 Å². The van der Waals surface area contributed by atoms with E-state index in [0.717, 1.165) is 17.0 Å². The lowest BCUT2D eigenvalue weighted by Gasteiger charge is -2.20. The highest BCUT2D eigenvalue weighted by atomic mass is 16.6. The van der Waals surface area contributed by atoms with E-state index >= 15 is 0 Å². The summed E-state index contributed by atoms with van der Waals surface area (Å²) in [4.78, 5) is 11.7. The van der Waals surface area contributed by atoms with Crippen molar-refractivity contribution in [1.82, 2.24) is 10.5 Å². The molecule has 1 amide bonds. The van der Waals surface area contributed by atoms with Crippen LogP contribution >= 0.6 is 0 Å². The molecule has 124 valence electrons. The molecule has 2 rings (SSSR count). The fourth-order valence-corrected chi connectivity index (χ4v) is 2.03. The summed E-state index contributed by atoms with van der Waals surface area (Å²) >= 11 is 0. The molecule has 1 atom stereocenters. The third kappa shape index (κ3) is 5.13. The molecule has 0 spiro atoms. The van der Waals surface area contributed by atoms with Crippen molar-refractivity contribution in [1.29, 1.82) is 0 Å². The number of aromatic nitrogens is 1. The molecule has 1 aromatic heterocycles. The quantitative estimate of drug-likeness (QED) is 0.914. The Bertz CT molecular complexity index is 654. The number of ether oxygens (including phenoxy) is 1. The van der Waals surface area contributed by atoms with Crippen LogP contribution in [0.5, 0.6) is 0 Å². The molecule has 1 heterocycles. The number of carbonyl (C=O) groups excluding carboxylic acids is 1. The topological polar surface area (TPSA) is 64.4 Å². The predicted molar refractivity (Wildman–Crippen MR) is 89.3 cm³/mol. The maximum Gasteiger partial charge on any atom is 0.407 e. The average Bonchev–Trinajstić information content (AvgIpc) is 2.93. The van der Waals surface area contributed by atoms with Gasteiger partial charge in [0.1, 0.15) is 5.60 Å². The number of alkyl carbamates (subject to hydrolysis) is 1. The average molecular weight is 316 g/mol. The number of amides is 1. The fourth-order valence-electron chi connectivity index (χ4n) is 2.03. The van der Waals surface area contributed by atoms with Crippen LogP contribution in [0.4, 0.5) is 4.79 Å². The Morgan fingerprint density at radius 1 is 1.30 bits per heavy atom. The van der Waals surface area contributed by atoms with Gasteiger partial charge in [0.05, 0.1) is 5.69 Å². The van der Waals surface area contributed by atoms with Crippen LogP contribution in [0.1, 0.15) is 44.9 Å². The molecule has 23 heavy (non-hydrogen) atoms. The van der Waals surface area contributed by atoms with Gasteiger partial charge in [0.2, 0.25) is 0 Å². The van der Waals surface area contributed by atoms with E-state index in [0.29, 0.717) is 6.54 Å². The van der Waals surface area contributed by atoms with Crippen LogP contribution in [0.3, 0.4) is 0 Å². The first-order valence-corrected chi connectivity index (χ1v) is 7.75. The van der Waals surface area contributed by atoms with Gasteiger partial charge in [-0.1, -0.05) is 41.9 Å². The molecule has 1 unspecified atom stereocenters. The molecule has 2 aromatic rings. The maximum absolute atomic E-state index is 11.7. The minimum absolute atomic E-state index is 0.0328. The monoisotopic (exact) mass is 316 g/mol. The molecule has 0 saturated heterocycles. The Balaban J connectivity index is 1.94. The summed E-state index contributed by atoms with van der Waals surface area (Å²) in [5, 5.41) is 6.85. The first kappa shape index (κ1) is 17.1. The van der Waals surface area contributed by atoms with Crippen molar-refractivity contribution < 1.29 is 14.1 Å². The lowest BCUT2D eigenvalue weighted by Crippen LogP contribution is -2.34. The third-order valence-corrected chi connectivity index (χ3v) is 3.32. The van der Waals surface area contributed by atoms with E-state index in [1.54, 1.807) is 0 Å². The Kier molecular flexibility index (Phi) is 5.08. The van der Waals surface area contributed by atoms with Crippen molar-refractivity contribution in [2.24, 2.45) is 0 Å². The van der Waals surface area contributed by atoms with Gasteiger partial charge in [-0.15, -0.1) is 0 Å². The molecule has 1 N–H and O–H groups in total. The molecule has 0 aliphatic rings. The molecule has 0 saturated carbocycles. The van der Waals surface area contributed by atoms with E-state index in [1.165, 1.54) is 5.56 Å². The molecule has 0 aliphatic carbocycles. The Morgan fingerprint density at radius 2 is 1.96 bits per heavy atom. The second-order valence-corrected chi connectivity index (χ2v) is 6.77. The summed E-state index contributed by atoms with van der Waals surface area (Å²) in [6.45, 7) is 9.97. The molecule has 0 fully saturated rings. The SMILES string of the molecule is Cc1ccc(-c2cc(C(C)CNC(=O)OC(C)(C)C)no2)cc1. The molecule has 0 bridgehead atoms. The van der Waals surface area contributed by atoms with Crippen LogP contribution in [0.2, 0.25) is 0 Å². The number of rotatable bonds is 4. The van der Waals surface area contributed by atoms with Crippen LogP contribution in [0.15, 0.2) is 34.9 Å². The second-order valence-electron chi connectivity index (χ2n) is 6.77. The summed E-state index contributed by atoms with van der Waals surface area (Å²) in [7, 11) is 0. The zero-order valence-electron chi connectivity index (χ0n) is 14.3. The lowest BCUT2D eigenvalue weighted by molar-refractivity contribution is 0.0525. The third-order valence-electron chi connectivity index (χ3n) is 3.32. The van der Waals surface area contributed by atoms with Gasteiger partial charge in [-0.2, -0.15) is 0 Å². The van der Waals surface area contributed by atoms with E-state index in [-0.39, 0.29) is 5.92 Å². The minimum Gasteiger partial charge on any atom is -0.444 e. The number of aryl methyl sites for hydroxylation is 1. The van der Waals surface area contributed by atoms with E-state index < -0.39 is 11.7 Å². The Labute approximate surface area is 137 Å². The van der Waals surface area contributed by atoms with Gasteiger partial charge in [-0.05, 0) is 27.7 Å². The van der Waals surface area contributed by atoms with Gasteiger partial charge in [-0.25, -0.2) is 4.79 Å². The molecule has 1 aromatic carbocycles. The Hall–Kier alpha value is -2.30. The number of nitrogens with one attached hydrogen (secondary N) is 1. The summed E-state index contributed by atoms with van der Waals surface area (Å²) in [5.41, 5.74) is 2.49. The summed E-state index contributed by atoms with van der Waals surface area (Å²) in [5.74, 6) is 0.759. The van der Waals surface area contributed by atoms with Crippen molar-refractivity contribution in [3.05, 3.63) is 41.6 Å². The van der Waals surface area contributed by atoms with Gasteiger partial charge in [0, 0.05) is 24.1 Å². The van der Waals surface area contributed by atoms with Gasteiger partial charge < -0.3 is 14.6 Å². The summed E-state index contributed by atoms with van der Waals surface area (Å²) in [6.07, 6.45) is -0.424. The van der Waals surface area contributed by atoms with Crippen LogP contribution in [0, 0.1) is 6.92 Å². The normalized spacial score (nSPS) is 12.7. The van der Waals surface area contributed by atoms with E-state index in [4.69, 9.17) is 9.26 Å². The second kappa shape index (κ2) is 6.86. The van der Waals surface area contributed by atoms with Crippen LogP contribution in [-0.2, 0) is 4.74 Å². The number of hydrogen-bond acceptors (Lipinski definition) is 4. The molecule has 5 heteroatoms. The predicted octanol–water partition coefficient (Wildman–Crippen LogP) is 4.28. The standard InChI is InChI=1S/C18H24N2O3/c1-12-6-8-14(9-7-12)16-10-15(20-23-16)13(2)11-19-17(21)22-18(3,4)5/h6-10,13H,11H2,1-5H3,(H,19,21). The molecular weight excluding hydrogens is 292 g/mol. The van der Waals surface area contributed by atoms with Gasteiger partial charge in [0.25, 0.3) is 0 Å². The molecular formula is C18H24N2O3. The fraction of sp³-hybridized carbons (Fsp3) is 0.444. The smallest absolute Gasteiger partial charge is 0.407 e. The van der Waals surface area contributed by atoms with Crippen LogP contribution < -0.4 is 5.32 Å². The van der Waals surface area contributed by atoms with E-state index in [9.17, 15) is 4.79 Å². The lowest BCUT2D eigenvalue weighted by atomic mass is 10.1. The summed E-state index contributed by atoms with van der Waals surface area (Å²) < 4.78 is 10.6. The molecule has 0 radical (unpaired) electrons. The first-order chi connectivity index (χ1) is 10.7. The van der Waals surface area contributed by atoms with Crippen molar-refractivity contribution in [2.45, 2.75) is 46.1 Å². The number of carbonyl (C=O) groups is 1. The van der Waals surface area contributed by atoms with Crippen molar-refractivity contribution >= 4 is 6.09 Å². The Morgan fingerprint density at radius 3 is 2.57 bits per heavy atom. The summed E-state index contributed by atoms with van der Waals surface area (Å²) in [6, 6.07) is 9.98. The van der Waals surface area contributed by atoms with Gasteiger partial charge in [0.15, 0.2) is 5.76 Å². The van der Waals surface area contributed by atoms with E-state index in [1.807, 2.05) is 65.0 Å². The maximum atomic E-state index is 11.7. The van der Waals surface area contributed by atoms with Crippen molar-refractivity contribution in [3.63, 3.8) is 0 Å². The van der Waals surface area contributed by atoms with Crippen molar-refractivity contribution in [3.8, 4) is 11.3 Å². The molecule has 5 nitrogen and oxygen atoms in total. The number of nitrogens with zero attached hydrogens (tertiary/aromatic N) is 1. The van der Waals surface area contributed by atoms with Crippen LogP contribution in [-0.4, -0.2) is 23.4 Å². The van der Waals surface area contributed by atoms with Gasteiger partial charge >= 0.3 is 6.09 Å². The highest BCUT2D eigenvalue weighted by Crippen LogP contribution is 2.24.